The van der Waals surface area contributed by atoms with Gasteiger partial charge in [0.1, 0.15) is 0 Å². The van der Waals surface area contributed by atoms with Gasteiger partial charge in [-0.25, -0.2) is 4.98 Å². The largest absolute Gasteiger partial charge is 0.384 e. The van der Waals surface area contributed by atoms with Crippen molar-refractivity contribution in [3.05, 3.63) is 59.6 Å². The van der Waals surface area contributed by atoms with Gasteiger partial charge in [0.05, 0.1) is 11.2 Å². The molecule has 1 aliphatic rings. The van der Waals surface area contributed by atoms with Crippen molar-refractivity contribution in [1.82, 2.24) is 10.3 Å². The normalized spacial score (nSPS) is 17.1. The van der Waals surface area contributed by atoms with Crippen molar-refractivity contribution in [3.63, 3.8) is 0 Å². The third kappa shape index (κ3) is 4.60. The first-order valence-corrected chi connectivity index (χ1v) is 10.3. The zero-order valence-corrected chi connectivity index (χ0v) is 16.3. The molecular weight excluding hydrogens is 354 g/mol. The van der Waals surface area contributed by atoms with Crippen molar-refractivity contribution in [3.8, 4) is 11.3 Å². The lowest BCUT2D eigenvalue weighted by Gasteiger charge is -2.22. The summed E-state index contributed by atoms with van der Waals surface area (Å²) in [6.45, 7) is 3.36. The highest BCUT2D eigenvalue weighted by molar-refractivity contribution is 6.30. The van der Waals surface area contributed by atoms with Gasteiger partial charge in [-0.1, -0.05) is 41.9 Å². The number of para-hydroxylation sites is 1. The number of benzene rings is 2. The lowest BCUT2D eigenvalue weighted by atomic mass is 9.95. The monoisotopic (exact) mass is 379 g/mol. The minimum Gasteiger partial charge on any atom is -0.384 e. The summed E-state index contributed by atoms with van der Waals surface area (Å²) < 4.78 is 0. The van der Waals surface area contributed by atoms with E-state index < -0.39 is 0 Å². The van der Waals surface area contributed by atoms with Gasteiger partial charge in [-0.05, 0) is 69.0 Å². The average Bonchev–Trinajstić information content (AvgIpc) is 2.72. The zero-order valence-electron chi connectivity index (χ0n) is 15.5. The van der Waals surface area contributed by atoms with Crippen molar-refractivity contribution in [2.75, 3.05) is 25.0 Å². The molecule has 0 bridgehead atoms. The maximum absolute atomic E-state index is 6.04. The Hall–Kier alpha value is -2.10. The maximum Gasteiger partial charge on any atom is 0.0730 e. The van der Waals surface area contributed by atoms with E-state index in [1.165, 1.54) is 44.2 Å². The maximum atomic E-state index is 6.04. The summed E-state index contributed by atoms with van der Waals surface area (Å²) in [6, 6.07) is 18.4. The minimum atomic E-state index is 0.745. The Morgan fingerprint density at radius 3 is 2.78 bits per heavy atom. The second kappa shape index (κ2) is 8.73. The van der Waals surface area contributed by atoms with Gasteiger partial charge in [0.25, 0.3) is 0 Å². The molecule has 3 aromatic rings. The first kappa shape index (κ1) is 18.3. The molecule has 1 aromatic heterocycles. The third-order valence-electron chi connectivity index (χ3n) is 5.36. The average molecular weight is 380 g/mol. The summed E-state index contributed by atoms with van der Waals surface area (Å²) >= 11 is 6.04. The van der Waals surface area contributed by atoms with Crippen LogP contribution >= 0.6 is 11.6 Å². The molecule has 1 atom stereocenters. The predicted octanol–water partition coefficient (Wildman–Crippen LogP) is 5.75. The van der Waals surface area contributed by atoms with E-state index in [4.69, 9.17) is 16.6 Å². The van der Waals surface area contributed by atoms with Crippen molar-refractivity contribution < 1.29 is 0 Å². The number of fused-ring (bicyclic) bond motifs is 1. The molecule has 0 radical (unpaired) electrons. The SMILES string of the molecule is Clc1ccc(-c2cc(NCCCC3CCCNC3)c3ccccc3n2)cc1. The molecule has 2 N–H and O–H groups in total. The summed E-state index contributed by atoms with van der Waals surface area (Å²) in [7, 11) is 0. The minimum absolute atomic E-state index is 0.745. The summed E-state index contributed by atoms with van der Waals surface area (Å²) in [5.41, 5.74) is 4.24. The van der Waals surface area contributed by atoms with Crippen LogP contribution in [-0.4, -0.2) is 24.6 Å². The Morgan fingerprint density at radius 1 is 1.11 bits per heavy atom. The molecule has 3 nitrogen and oxygen atoms in total. The highest BCUT2D eigenvalue weighted by atomic mass is 35.5. The Labute approximate surface area is 166 Å². The van der Waals surface area contributed by atoms with Crippen LogP contribution in [0.2, 0.25) is 5.02 Å². The Balaban J connectivity index is 1.50. The molecule has 1 saturated heterocycles. The Kier molecular flexibility index (Phi) is 5.90. The fourth-order valence-electron chi connectivity index (χ4n) is 3.87. The smallest absolute Gasteiger partial charge is 0.0730 e. The molecule has 140 valence electrons. The van der Waals surface area contributed by atoms with E-state index in [1.807, 2.05) is 30.3 Å². The summed E-state index contributed by atoms with van der Waals surface area (Å²) in [6.07, 6.45) is 5.16. The summed E-state index contributed by atoms with van der Waals surface area (Å²) in [5.74, 6) is 0.833. The lowest BCUT2D eigenvalue weighted by Crippen LogP contribution is -2.29. The van der Waals surface area contributed by atoms with Gasteiger partial charge < -0.3 is 10.6 Å². The second-order valence-corrected chi connectivity index (χ2v) is 7.80. The van der Waals surface area contributed by atoms with Crippen LogP contribution in [0.4, 0.5) is 5.69 Å². The zero-order chi connectivity index (χ0) is 18.5. The van der Waals surface area contributed by atoms with Crippen molar-refractivity contribution >= 4 is 28.2 Å². The fourth-order valence-corrected chi connectivity index (χ4v) is 4.00. The molecule has 4 heteroatoms. The lowest BCUT2D eigenvalue weighted by molar-refractivity contribution is 0.353. The number of piperidine rings is 1. The third-order valence-corrected chi connectivity index (χ3v) is 5.61. The molecule has 0 amide bonds. The van der Waals surface area contributed by atoms with E-state index in [-0.39, 0.29) is 0 Å². The Bertz CT molecular complexity index is 886. The van der Waals surface area contributed by atoms with E-state index in [2.05, 4.69) is 34.9 Å². The van der Waals surface area contributed by atoms with Gasteiger partial charge in [0.15, 0.2) is 0 Å². The van der Waals surface area contributed by atoms with Gasteiger partial charge in [-0.2, -0.15) is 0 Å². The van der Waals surface area contributed by atoms with Gasteiger partial charge in [0.2, 0.25) is 0 Å². The van der Waals surface area contributed by atoms with Crippen LogP contribution in [0, 0.1) is 5.92 Å². The molecule has 1 fully saturated rings. The van der Waals surface area contributed by atoms with E-state index in [1.54, 1.807) is 0 Å². The van der Waals surface area contributed by atoms with E-state index in [0.717, 1.165) is 39.9 Å². The van der Waals surface area contributed by atoms with Crippen LogP contribution in [0.3, 0.4) is 0 Å². The summed E-state index contributed by atoms with van der Waals surface area (Å²) in [5, 5.41) is 9.09. The number of hydrogen-bond donors (Lipinski definition) is 2. The van der Waals surface area contributed by atoms with Gasteiger partial charge in [-0.15, -0.1) is 0 Å². The number of anilines is 1. The van der Waals surface area contributed by atoms with Crippen molar-refractivity contribution in [2.24, 2.45) is 5.92 Å². The van der Waals surface area contributed by atoms with Crippen LogP contribution in [0.25, 0.3) is 22.2 Å². The van der Waals surface area contributed by atoms with E-state index >= 15 is 0 Å². The first-order chi connectivity index (χ1) is 13.3. The van der Waals surface area contributed by atoms with Crippen molar-refractivity contribution in [1.29, 1.82) is 0 Å². The van der Waals surface area contributed by atoms with E-state index in [0.29, 0.717) is 0 Å². The molecular formula is C23H26ClN3. The molecule has 0 aliphatic carbocycles. The second-order valence-electron chi connectivity index (χ2n) is 7.36. The topological polar surface area (TPSA) is 37.0 Å². The molecule has 2 aromatic carbocycles. The number of rotatable bonds is 6. The van der Waals surface area contributed by atoms with Gasteiger partial charge in [0, 0.05) is 28.2 Å². The van der Waals surface area contributed by atoms with Crippen LogP contribution in [0.1, 0.15) is 25.7 Å². The van der Waals surface area contributed by atoms with E-state index in [9.17, 15) is 0 Å². The molecule has 1 aliphatic heterocycles. The van der Waals surface area contributed by atoms with Gasteiger partial charge >= 0.3 is 0 Å². The highest BCUT2D eigenvalue weighted by Crippen LogP contribution is 2.29. The molecule has 27 heavy (non-hydrogen) atoms. The van der Waals surface area contributed by atoms with Crippen LogP contribution in [-0.2, 0) is 0 Å². The highest BCUT2D eigenvalue weighted by Gasteiger charge is 2.12. The number of halogens is 1. The van der Waals surface area contributed by atoms with Crippen LogP contribution in [0.15, 0.2) is 54.6 Å². The molecule has 4 rings (SSSR count). The van der Waals surface area contributed by atoms with Crippen LogP contribution < -0.4 is 10.6 Å². The number of aromatic nitrogens is 1. The molecule has 1 unspecified atom stereocenters. The first-order valence-electron chi connectivity index (χ1n) is 9.90. The number of hydrogen-bond acceptors (Lipinski definition) is 3. The number of nitrogens with one attached hydrogen (secondary N) is 2. The molecule has 2 heterocycles. The number of pyridine rings is 1. The van der Waals surface area contributed by atoms with Crippen molar-refractivity contribution in [2.45, 2.75) is 25.7 Å². The summed E-state index contributed by atoms with van der Waals surface area (Å²) in [4.78, 5) is 4.85. The molecule has 0 spiro atoms. The number of nitrogens with zero attached hydrogens (tertiary/aromatic N) is 1. The predicted molar refractivity (Wildman–Crippen MR) is 116 cm³/mol. The molecule has 0 saturated carbocycles. The fraction of sp³-hybridized carbons (Fsp3) is 0.348. The quantitative estimate of drug-likeness (QED) is 0.535. The Morgan fingerprint density at radius 2 is 1.96 bits per heavy atom. The van der Waals surface area contributed by atoms with Crippen LogP contribution in [0.5, 0.6) is 0 Å². The van der Waals surface area contributed by atoms with Gasteiger partial charge in [-0.3, -0.25) is 0 Å². The standard InChI is InChI=1S/C23H26ClN3/c24-19-11-9-18(10-12-19)22-15-23(20-7-1-2-8-21(20)27-22)26-14-4-6-17-5-3-13-25-16-17/h1-2,7-12,15,17,25H,3-6,13-14,16H2,(H,26,27).